The molecular formula is C8H14F3NO. The number of nitrogens with two attached hydrogens (primary N) is 1. The summed E-state index contributed by atoms with van der Waals surface area (Å²) in [4.78, 5) is 0. The molecule has 78 valence electrons. The Bertz CT molecular complexity index is 165. The van der Waals surface area contributed by atoms with Crippen LogP contribution < -0.4 is 5.73 Å². The molecule has 2 nitrogen and oxygen atoms in total. The molecule has 0 saturated heterocycles. The predicted octanol–water partition coefficient (Wildman–Crippen LogP) is 1.69. The minimum Gasteiger partial charge on any atom is -0.372 e. The molecule has 0 aromatic carbocycles. The molecule has 0 radical (unpaired) electrons. The Morgan fingerprint density at radius 3 is 2.31 bits per heavy atom. The van der Waals surface area contributed by atoms with Gasteiger partial charge in [-0.3, -0.25) is 0 Å². The van der Waals surface area contributed by atoms with Crippen molar-refractivity contribution in [3.63, 3.8) is 0 Å². The van der Waals surface area contributed by atoms with Gasteiger partial charge in [-0.2, -0.15) is 13.2 Å². The molecule has 13 heavy (non-hydrogen) atoms. The van der Waals surface area contributed by atoms with Crippen molar-refractivity contribution < 1.29 is 17.9 Å². The van der Waals surface area contributed by atoms with Crippen LogP contribution in [0.25, 0.3) is 0 Å². The third-order valence-corrected chi connectivity index (χ3v) is 2.43. The van der Waals surface area contributed by atoms with Gasteiger partial charge in [0.15, 0.2) is 0 Å². The van der Waals surface area contributed by atoms with Gasteiger partial charge >= 0.3 is 6.18 Å². The Labute approximate surface area is 75.2 Å². The molecule has 0 atom stereocenters. The first-order chi connectivity index (χ1) is 5.97. The summed E-state index contributed by atoms with van der Waals surface area (Å²) in [7, 11) is 0. The van der Waals surface area contributed by atoms with Crippen LogP contribution in [0.2, 0.25) is 0 Å². The average Bonchev–Trinajstić information content (AvgIpc) is 2.78. The topological polar surface area (TPSA) is 35.2 Å². The first-order valence-corrected chi connectivity index (χ1v) is 4.32. The SMILES string of the molecule is NCC1(CCOCC(F)(F)F)CC1. The number of rotatable bonds is 5. The Morgan fingerprint density at radius 1 is 1.31 bits per heavy atom. The van der Waals surface area contributed by atoms with E-state index in [-0.39, 0.29) is 12.0 Å². The van der Waals surface area contributed by atoms with Crippen LogP contribution in [-0.4, -0.2) is 25.9 Å². The van der Waals surface area contributed by atoms with Crippen molar-refractivity contribution >= 4 is 0 Å². The van der Waals surface area contributed by atoms with E-state index in [0.717, 1.165) is 12.8 Å². The smallest absolute Gasteiger partial charge is 0.372 e. The van der Waals surface area contributed by atoms with Gasteiger partial charge in [-0.25, -0.2) is 0 Å². The standard InChI is InChI=1S/C8H14F3NO/c9-8(10,11)6-13-4-3-7(5-12)1-2-7/h1-6,12H2. The van der Waals surface area contributed by atoms with Gasteiger partial charge in [0.05, 0.1) is 0 Å². The van der Waals surface area contributed by atoms with Crippen molar-refractivity contribution in [3.05, 3.63) is 0 Å². The lowest BCUT2D eigenvalue weighted by molar-refractivity contribution is -0.174. The molecule has 0 aromatic heterocycles. The third-order valence-electron chi connectivity index (χ3n) is 2.43. The van der Waals surface area contributed by atoms with Crippen LogP contribution in [0.5, 0.6) is 0 Å². The van der Waals surface area contributed by atoms with Crippen molar-refractivity contribution in [2.24, 2.45) is 11.1 Å². The molecular weight excluding hydrogens is 183 g/mol. The van der Waals surface area contributed by atoms with E-state index >= 15 is 0 Å². The largest absolute Gasteiger partial charge is 0.411 e. The summed E-state index contributed by atoms with van der Waals surface area (Å²) in [6.07, 6.45) is -1.50. The Balaban J connectivity index is 2.02. The van der Waals surface area contributed by atoms with Crippen LogP contribution in [0, 0.1) is 5.41 Å². The molecule has 1 aliphatic rings. The molecule has 0 aromatic rings. The molecule has 1 aliphatic carbocycles. The van der Waals surface area contributed by atoms with Gasteiger partial charge in [0.2, 0.25) is 0 Å². The predicted molar refractivity (Wildman–Crippen MR) is 42.2 cm³/mol. The van der Waals surface area contributed by atoms with Crippen LogP contribution >= 0.6 is 0 Å². The molecule has 0 aliphatic heterocycles. The quantitative estimate of drug-likeness (QED) is 0.681. The highest BCUT2D eigenvalue weighted by molar-refractivity contribution is 4.93. The third kappa shape index (κ3) is 3.95. The Morgan fingerprint density at radius 2 is 1.92 bits per heavy atom. The van der Waals surface area contributed by atoms with E-state index in [1.807, 2.05) is 0 Å². The molecule has 5 heteroatoms. The fraction of sp³-hybridized carbons (Fsp3) is 1.00. The van der Waals surface area contributed by atoms with Crippen LogP contribution in [0.4, 0.5) is 13.2 Å². The summed E-state index contributed by atoms with van der Waals surface area (Å²) >= 11 is 0. The maximum absolute atomic E-state index is 11.6. The molecule has 0 heterocycles. The fourth-order valence-corrected chi connectivity index (χ4v) is 1.21. The van der Waals surface area contributed by atoms with Gasteiger partial charge in [-0.05, 0) is 31.2 Å². The monoisotopic (exact) mass is 197 g/mol. The van der Waals surface area contributed by atoms with Crippen LogP contribution in [0.15, 0.2) is 0 Å². The maximum atomic E-state index is 11.6. The maximum Gasteiger partial charge on any atom is 0.411 e. The van der Waals surface area contributed by atoms with Gasteiger partial charge in [-0.15, -0.1) is 0 Å². The van der Waals surface area contributed by atoms with Crippen molar-refractivity contribution in [1.82, 2.24) is 0 Å². The number of hydrogen-bond acceptors (Lipinski definition) is 2. The molecule has 1 rings (SSSR count). The molecule has 0 unspecified atom stereocenters. The van der Waals surface area contributed by atoms with E-state index in [4.69, 9.17) is 5.73 Å². The van der Waals surface area contributed by atoms with Gasteiger partial charge in [0, 0.05) is 6.61 Å². The summed E-state index contributed by atoms with van der Waals surface area (Å²) in [5.74, 6) is 0. The van der Waals surface area contributed by atoms with Gasteiger partial charge in [0.25, 0.3) is 0 Å². The first-order valence-electron chi connectivity index (χ1n) is 4.32. The number of hydrogen-bond donors (Lipinski definition) is 1. The second-order valence-corrected chi connectivity index (χ2v) is 3.62. The lowest BCUT2D eigenvalue weighted by Gasteiger charge is -2.12. The van der Waals surface area contributed by atoms with E-state index in [1.165, 1.54) is 0 Å². The summed E-state index contributed by atoms with van der Waals surface area (Å²) in [5, 5.41) is 0. The fourth-order valence-electron chi connectivity index (χ4n) is 1.21. The summed E-state index contributed by atoms with van der Waals surface area (Å²) in [6, 6.07) is 0. The van der Waals surface area contributed by atoms with E-state index in [2.05, 4.69) is 4.74 Å². The van der Waals surface area contributed by atoms with Crippen molar-refractivity contribution in [1.29, 1.82) is 0 Å². The average molecular weight is 197 g/mol. The van der Waals surface area contributed by atoms with E-state index in [1.54, 1.807) is 0 Å². The lowest BCUT2D eigenvalue weighted by Crippen LogP contribution is -2.21. The molecule has 1 saturated carbocycles. The first kappa shape index (κ1) is 10.8. The van der Waals surface area contributed by atoms with Crippen LogP contribution in [0.3, 0.4) is 0 Å². The summed E-state index contributed by atoms with van der Waals surface area (Å²) in [6.45, 7) is -0.424. The van der Waals surface area contributed by atoms with Crippen molar-refractivity contribution in [2.75, 3.05) is 19.8 Å². The van der Waals surface area contributed by atoms with E-state index in [9.17, 15) is 13.2 Å². The van der Waals surface area contributed by atoms with Gasteiger partial charge < -0.3 is 10.5 Å². The summed E-state index contributed by atoms with van der Waals surface area (Å²) in [5.41, 5.74) is 5.56. The van der Waals surface area contributed by atoms with Gasteiger partial charge in [-0.1, -0.05) is 0 Å². The highest BCUT2D eigenvalue weighted by Gasteiger charge is 2.40. The minimum absolute atomic E-state index is 0.103. The minimum atomic E-state index is -4.21. The zero-order chi connectivity index (χ0) is 9.95. The highest BCUT2D eigenvalue weighted by atomic mass is 19.4. The second kappa shape index (κ2) is 3.84. The molecule has 0 amide bonds. The molecule has 0 bridgehead atoms. The zero-order valence-electron chi connectivity index (χ0n) is 7.36. The molecule has 1 fully saturated rings. The number of ether oxygens (including phenoxy) is 1. The normalized spacial score (nSPS) is 20.3. The number of alkyl halides is 3. The van der Waals surface area contributed by atoms with Crippen molar-refractivity contribution in [3.8, 4) is 0 Å². The van der Waals surface area contributed by atoms with Crippen LogP contribution in [-0.2, 0) is 4.74 Å². The van der Waals surface area contributed by atoms with Crippen molar-refractivity contribution in [2.45, 2.75) is 25.4 Å². The second-order valence-electron chi connectivity index (χ2n) is 3.62. The number of halogens is 3. The van der Waals surface area contributed by atoms with Crippen LogP contribution in [0.1, 0.15) is 19.3 Å². The highest BCUT2D eigenvalue weighted by Crippen LogP contribution is 2.47. The summed E-state index contributed by atoms with van der Waals surface area (Å²) < 4.78 is 39.4. The molecule has 0 spiro atoms. The van der Waals surface area contributed by atoms with E-state index in [0.29, 0.717) is 13.0 Å². The Kier molecular flexibility index (Phi) is 3.18. The van der Waals surface area contributed by atoms with Gasteiger partial charge in [0.1, 0.15) is 6.61 Å². The Hall–Kier alpha value is -0.290. The zero-order valence-corrected chi connectivity index (χ0v) is 7.36. The van der Waals surface area contributed by atoms with E-state index < -0.39 is 12.8 Å². The lowest BCUT2D eigenvalue weighted by atomic mass is 10.0. The molecule has 2 N–H and O–H groups in total.